The number of aliphatic imine (C=N–C) groups is 1. The molecule has 0 atom stereocenters. The highest BCUT2D eigenvalue weighted by Gasteiger charge is 2.13. The van der Waals surface area contributed by atoms with Crippen LogP contribution in [0.1, 0.15) is 31.9 Å². The predicted molar refractivity (Wildman–Crippen MR) is 128 cm³/mol. The Morgan fingerprint density at radius 2 is 1.56 bits per heavy atom. The van der Waals surface area contributed by atoms with Crippen LogP contribution in [0.5, 0.6) is 17.2 Å². The van der Waals surface area contributed by atoms with Crippen LogP contribution in [0.4, 0.5) is 5.69 Å². The van der Waals surface area contributed by atoms with E-state index in [4.69, 9.17) is 14.2 Å². The molecule has 0 unspecified atom stereocenters. The molecule has 32 heavy (non-hydrogen) atoms. The first kappa shape index (κ1) is 24.8. The Kier molecular flexibility index (Phi) is 9.66. The van der Waals surface area contributed by atoms with Crippen LogP contribution in [0.2, 0.25) is 0 Å². The molecule has 2 aromatic rings. The lowest BCUT2D eigenvalue weighted by Crippen LogP contribution is -2.36. The van der Waals surface area contributed by atoms with Crippen molar-refractivity contribution in [2.24, 2.45) is 10.9 Å². The van der Waals surface area contributed by atoms with Crippen LogP contribution < -0.4 is 30.2 Å². The van der Waals surface area contributed by atoms with Crippen LogP contribution in [0, 0.1) is 5.92 Å². The van der Waals surface area contributed by atoms with E-state index in [9.17, 15) is 4.79 Å². The van der Waals surface area contributed by atoms with Crippen molar-refractivity contribution >= 4 is 17.6 Å². The van der Waals surface area contributed by atoms with Gasteiger partial charge in [-0.15, -0.1) is 0 Å². The number of nitrogens with zero attached hydrogens (tertiary/aromatic N) is 1. The minimum Gasteiger partial charge on any atom is -0.493 e. The Bertz CT molecular complexity index is 886. The molecule has 0 bridgehead atoms. The summed E-state index contributed by atoms with van der Waals surface area (Å²) in [6, 6.07) is 11.5. The molecule has 0 aliphatic heterocycles. The Hall–Kier alpha value is -3.42. The fraction of sp³-hybridized carbons (Fsp3) is 0.417. The first-order valence-electron chi connectivity index (χ1n) is 10.6. The molecule has 2 aromatic carbocycles. The van der Waals surface area contributed by atoms with Crippen molar-refractivity contribution in [3.63, 3.8) is 0 Å². The van der Waals surface area contributed by atoms with Gasteiger partial charge in [0.2, 0.25) is 11.7 Å². The van der Waals surface area contributed by atoms with E-state index in [-0.39, 0.29) is 11.8 Å². The van der Waals surface area contributed by atoms with Crippen molar-refractivity contribution in [2.75, 3.05) is 33.2 Å². The standard InChI is InChI=1S/C24H34N4O4/c1-7-25-24(26-14-17-8-10-19(11-9-17)28-23(29)16(2)3)27-15-18-12-20(30-4)22(32-6)21(13-18)31-5/h8-13,16H,7,14-15H2,1-6H3,(H,28,29)(H2,25,26,27). The molecule has 1 amide bonds. The summed E-state index contributed by atoms with van der Waals surface area (Å²) in [4.78, 5) is 16.5. The summed E-state index contributed by atoms with van der Waals surface area (Å²) in [6.07, 6.45) is 0. The van der Waals surface area contributed by atoms with Crippen molar-refractivity contribution in [1.82, 2.24) is 10.6 Å². The van der Waals surface area contributed by atoms with E-state index in [0.29, 0.717) is 36.3 Å². The molecule has 0 heterocycles. The van der Waals surface area contributed by atoms with E-state index in [2.05, 4.69) is 20.9 Å². The number of rotatable bonds is 10. The summed E-state index contributed by atoms with van der Waals surface area (Å²) >= 11 is 0. The lowest BCUT2D eigenvalue weighted by Gasteiger charge is -2.14. The first-order chi connectivity index (χ1) is 15.4. The molecule has 174 valence electrons. The molecule has 0 radical (unpaired) electrons. The van der Waals surface area contributed by atoms with Gasteiger partial charge in [-0.05, 0) is 42.3 Å². The van der Waals surface area contributed by atoms with Crippen LogP contribution in [-0.4, -0.2) is 39.7 Å². The fourth-order valence-electron chi connectivity index (χ4n) is 2.92. The summed E-state index contributed by atoms with van der Waals surface area (Å²) in [6.45, 7) is 7.52. The quantitative estimate of drug-likeness (QED) is 0.385. The highest BCUT2D eigenvalue weighted by Crippen LogP contribution is 2.38. The highest BCUT2D eigenvalue weighted by atomic mass is 16.5. The van der Waals surface area contributed by atoms with E-state index >= 15 is 0 Å². The molecule has 2 rings (SSSR count). The molecular weight excluding hydrogens is 408 g/mol. The summed E-state index contributed by atoms with van der Waals surface area (Å²) in [7, 11) is 4.77. The van der Waals surface area contributed by atoms with Crippen LogP contribution in [-0.2, 0) is 17.9 Å². The number of hydrogen-bond acceptors (Lipinski definition) is 5. The van der Waals surface area contributed by atoms with Gasteiger partial charge >= 0.3 is 0 Å². The van der Waals surface area contributed by atoms with Gasteiger partial charge < -0.3 is 30.2 Å². The van der Waals surface area contributed by atoms with Gasteiger partial charge in [0.25, 0.3) is 0 Å². The third kappa shape index (κ3) is 7.08. The maximum atomic E-state index is 11.8. The molecule has 8 nitrogen and oxygen atoms in total. The Labute approximate surface area is 190 Å². The molecular formula is C24H34N4O4. The number of carbonyl (C=O) groups is 1. The molecule has 0 saturated carbocycles. The fourth-order valence-corrected chi connectivity index (χ4v) is 2.92. The topological polar surface area (TPSA) is 93.2 Å². The van der Waals surface area contributed by atoms with Crippen molar-refractivity contribution < 1.29 is 19.0 Å². The van der Waals surface area contributed by atoms with Gasteiger partial charge in [0.1, 0.15) is 0 Å². The molecule has 0 spiro atoms. The minimum atomic E-state index is -0.0548. The van der Waals surface area contributed by atoms with E-state index in [0.717, 1.165) is 23.4 Å². The van der Waals surface area contributed by atoms with Crippen LogP contribution >= 0.6 is 0 Å². The normalized spacial score (nSPS) is 11.2. The molecule has 3 N–H and O–H groups in total. The van der Waals surface area contributed by atoms with Gasteiger partial charge in [-0.25, -0.2) is 4.99 Å². The van der Waals surface area contributed by atoms with Crippen LogP contribution in [0.15, 0.2) is 41.4 Å². The second-order valence-corrected chi connectivity index (χ2v) is 7.42. The Balaban J connectivity index is 2.05. The molecule has 0 aliphatic carbocycles. The van der Waals surface area contributed by atoms with E-state index in [1.807, 2.05) is 57.2 Å². The number of guanidine groups is 1. The van der Waals surface area contributed by atoms with Gasteiger partial charge in [-0.3, -0.25) is 4.79 Å². The van der Waals surface area contributed by atoms with Crippen molar-refractivity contribution in [2.45, 2.75) is 33.9 Å². The minimum absolute atomic E-state index is 0.00392. The number of hydrogen-bond donors (Lipinski definition) is 3. The third-order valence-electron chi connectivity index (χ3n) is 4.69. The SMILES string of the molecule is CCNC(=NCc1cc(OC)c(OC)c(OC)c1)NCc1ccc(NC(=O)C(C)C)cc1. The number of methoxy groups -OCH3 is 3. The second kappa shape index (κ2) is 12.4. The van der Waals surface area contributed by atoms with Crippen molar-refractivity contribution in [3.8, 4) is 17.2 Å². The lowest BCUT2D eigenvalue weighted by molar-refractivity contribution is -0.118. The number of carbonyl (C=O) groups excluding carboxylic acids is 1. The summed E-state index contributed by atoms with van der Waals surface area (Å²) in [5.41, 5.74) is 2.79. The zero-order valence-corrected chi connectivity index (χ0v) is 19.7. The maximum absolute atomic E-state index is 11.8. The average molecular weight is 443 g/mol. The van der Waals surface area contributed by atoms with Crippen molar-refractivity contribution in [3.05, 3.63) is 47.5 Å². The van der Waals surface area contributed by atoms with Gasteiger partial charge in [0.05, 0.1) is 27.9 Å². The van der Waals surface area contributed by atoms with Gasteiger partial charge in [-0.1, -0.05) is 26.0 Å². The Morgan fingerprint density at radius 3 is 2.06 bits per heavy atom. The number of amides is 1. The molecule has 0 aliphatic rings. The lowest BCUT2D eigenvalue weighted by atomic mass is 10.1. The predicted octanol–water partition coefficient (Wildman–Crippen LogP) is 3.56. The summed E-state index contributed by atoms with van der Waals surface area (Å²) in [5.74, 6) is 2.39. The van der Waals surface area contributed by atoms with Crippen LogP contribution in [0.3, 0.4) is 0 Å². The number of benzene rings is 2. The monoisotopic (exact) mass is 442 g/mol. The second-order valence-electron chi connectivity index (χ2n) is 7.42. The molecule has 0 saturated heterocycles. The third-order valence-corrected chi connectivity index (χ3v) is 4.69. The molecule has 8 heteroatoms. The first-order valence-corrected chi connectivity index (χ1v) is 10.6. The number of anilines is 1. The number of nitrogens with one attached hydrogen (secondary N) is 3. The summed E-state index contributed by atoms with van der Waals surface area (Å²) in [5, 5.41) is 9.47. The molecule has 0 aromatic heterocycles. The van der Waals surface area contributed by atoms with Gasteiger partial charge in [0.15, 0.2) is 17.5 Å². The largest absolute Gasteiger partial charge is 0.493 e. The summed E-state index contributed by atoms with van der Waals surface area (Å²) < 4.78 is 16.2. The smallest absolute Gasteiger partial charge is 0.226 e. The zero-order chi connectivity index (χ0) is 23.5. The van der Waals surface area contributed by atoms with Gasteiger partial charge in [-0.2, -0.15) is 0 Å². The number of ether oxygens (including phenoxy) is 3. The molecule has 0 fully saturated rings. The average Bonchev–Trinajstić information content (AvgIpc) is 2.80. The van der Waals surface area contributed by atoms with Crippen molar-refractivity contribution in [1.29, 1.82) is 0 Å². The maximum Gasteiger partial charge on any atom is 0.226 e. The van der Waals surface area contributed by atoms with Crippen LogP contribution in [0.25, 0.3) is 0 Å². The van der Waals surface area contributed by atoms with E-state index in [1.165, 1.54) is 0 Å². The van der Waals surface area contributed by atoms with Gasteiger partial charge in [0, 0.05) is 24.7 Å². The highest BCUT2D eigenvalue weighted by molar-refractivity contribution is 5.92. The van der Waals surface area contributed by atoms with E-state index in [1.54, 1.807) is 21.3 Å². The van der Waals surface area contributed by atoms with E-state index < -0.39 is 0 Å². The Morgan fingerprint density at radius 1 is 0.938 bits per heavy atom. The zero-order valence-electron chi connectivity index (χ0n) is 19.7.